The first kappa shape index (κ1) is 13.9. The number of ketones is 1. The van der Waals surface area contributed by atoms with E-state index >= 15 is 0 Å². The summed E-state index contributed by atoms with van der Waals surface area (Å²) in [5, 5.41) is 3.72. The Balaban J connectivity index is 1.77. The minimum Gasteiger partial charge on any atom is -0.360 e. The maximum Gasteiger partial charge on any atom is 0.292 e. The molecule has 2 aromatic rings. The van der Waals surface area contributed by atoms with E-state index in [0.29, 0.717) is 11.5 Å². The monoisotopic (exact) mass is 284 g/mol. The van der Waals surface area contributed by atoms with Crippen LogP contribution in [0.3, 0.4) is 0 Å². The maximum absolute atomic E-state index is 12.4. The van der Waals surface area contributed by atoms with E-state index in [4.69, 9.17) is 0 Å². The molecule has 0 aliphatic heterocycles. The second-order valence-electron chi connectivity index (χ2n) is 5.92. The van der Waals surface area contributed by atoms with E-state index in [1.807, 2.05) is 24.3 Å². The smallest absolute Gasteiger partial charge is 0.292 e. The number of Topliss-reactive ketones (excluding diaryl/α,β-unsaturated/α-hetero) is 1. The largest absolute Gasteiger partial charge is 0.360 e. The topological polar surface area (TPSA) is 62.0 Å². The van der Waals surface area contributed by atoms with Crippen LogP contribution < -0.4 is 5.32 Å². The van der Waals surface area contributed by atoms with Crippen molar-refractivity contribution in [3.63, 3.8) is 0 Å². The SMILES string of the molecule is C[C@@H]1CCCC[C@@H]1NC(=O)C(=O)c1c[nH]c2ccccc12. The Morgan fingerprint density at radius 3 is 2.76 bits per heavy atom. The van der Waals surface area contributed by atoms with Gasteiger partial charge in [0.25, 0.3) is 11.7 Å². The normalized spacial score (nSPS) is 22.1. The van der Waals surface area contributed by atoms with Gasteiger partial charge in [0, 0.05) is 23.1 Å². The molecular weight excluding hydrogens is 264 g/mol. The fourth-order valence-corrected chi connectivity index (χ4v) is 3.15. The van der Waals surface area contributed by atoms with Gasteiger partial charge in [-0.25, -0.2) is 0 Å². The van der Waals surface area contributed by atoms with Crippen LogP contribution in [0.1, 0.15) is 43.0 Å². The van der Waals surface area contributed by atoms with Crippen LogP contribution >= 0.6 is 0 Å². The quantitative estimate of drug-likeness (QED) is 0.672. The summed E-state index contributed by atoms with van der Waals surface area (Å²) in [6.45, 7) is 2.14. The van der Waals surface area contributed by atoms with Gasteiger partial charge < -0.3 is 10.3 Å². The average molecular weight is 284 g/mol. The van der Waals surface area contributed by atoms with Crippen molar-refractivity contribution < 1.29 is 9.59 Å². The van der Waals surface area contributed by atoms with Gasteiger partial charge in [0.2, 0.25) is 0 Å². The average Bonchev–Trinajstić information content (AvgIpc) is 2.92. The zero-order chi connectivity index (χ0) is 14.8. The van der Waals surface area contributed by atoms with Crippen LogP contribution in [0.4, 0.5) is 0 Å². The fraction of sp³-hybridized carbons (Fsp3) is 0.412. The summed E-state index contributed by atoms with van der Waals surface area (Å²) < 4.78 is 0. The van der Waals surface area contributed by atoms with Crippen LogP contribution in [-0.2, 0) is 4.79 Å². The van der Waals surface area contributed by atoms with Crippen LogP contribution in [0.5, 0.6) is 0 Å². The van der Waals surface area contributed by atoms with Crippen LogP contribution in [0.25, 0.3) is 10.9 Å². The number of rotatable bonds is 3. The summed E-state index contributed by atoms with van der Waals surface area (Å²) in [7, 11) is 0. The number of carbonyl (C=O) groups excluding carboxylic acids is 2. The molecule has 1 aromatic carbocycles. The number of fused-ring (bicyclic) bond motifs is 1. The van der Waals surface area contributed by atoms with Gasteiger partial charge in [-0.1, -0.05) is 38.0 Å². The molecule has 4 heteroatoms. The van der Waals surface area contributed by atoms with Crippen molar-refractivity contribution in [1.82, 2.24) is 10.3 Å². The number of hydrogen-bond acceptors (Lipinski definition) is 2. The molecule has 2 atom stereocenters. The molecule has 4 nitrogen and oxygen atoms in total. The van der Waals surface area contributed by atoms with Crippen molar-refractivity contribution in [3.05, 3.63) is 36.0 Å². The van der Waals surface area contributed by atoms with Crippen molar-refractivity contribution in [1.29, 1.82) is 0 Å². The van der Waals surface area contributed by atoms with Crippen molar-refractivity contribution in [2.45, 2.75) is 38.6 Å². The summed E-state index contributed by atoms with van der Waals surface area (Å²) in [6, 6.07) is 7.65. The lowest BCUT2D eigenvalue weighted by Crippen LogP contribution is -2.44. The van der Waals surface area contributed by atoms with Crippen LogP contribution in [0, 0.1) is 5.92 Å². The molecule has 21 heavy (non-hydrogen) atoms. The van der Waals surface area contributed by atoms with E-state index in [-0.39, 0.29) is 6.04 Å². The van der Waals surface area contributed by atoms with Crippen molar-refractivity contribution >= 4 is 22.6 Å². The predicted octanol–water partition coefficient (Wildman–Crippen LogP) is 3.05. The molecule has 1 aliphatic rings. The van der Waals surface area contributed by atoms with Gasteiger partial charge in [0.15, 0.2) is 0 Å². The highest BCUT2D eigenvalue weighted by Crippen LogP contribution is 2.24. The van der Waals surface area contributed by atoms with Gasteiger partial charge in [0.05, 0.1) is 5.56 Å². The minimum atomic E-state index is -0.487. The Kier molecular flexibility index (Phi) is 3.78. The molecule has 1 aliphatic carbocycles. The predicted molar refractivity (Wildman–Crippen MR) is 82.2 cm³/mol. The van der Waals surface area contributed by atoms with Crippen LogP contribution in [0.2, 0.25) is 0 Å². The third kappa shape index (κ3) is 2.71. The lowest BCUT2D eigenvalue weighted by molar-refractivity contribution is -0.118. The Hall–Kier alpha value is -2.10. The first-order valence-electron chi connectivity index (χ1n) is 7.58. The van der Waals surface area contributed by atoms with Crippen molar-refractivity contribution in [3.8, 4) is 0 Å². The fourth-order valence-electron chi connectivity index (χ4n) is 3.15. The third-order valence-electron chi connectivity index (χ3n) is 4.47. The molecule has 1 fully saturated rings. The zero-order valence-corrected chi connectivity index (χ0v) is 12.2. The number of benzene rings is 1. The van der Waals surface area contributed by atoms with Gasteiger partial charge >= 0.3 is 0 Å². The third-order valence-corrected chi connectivity index (χ3v) is 4.47. The van der Waals surface area contributed by atoms with Gasteiger partial charge in [-0.3, -0.25) is 9.59 Å². The van der Waals surface area contributed by atoms with Crippen LogP contribution in [0.15, 0.2) is 30.5 Å². The minimum absolute atomic E-state index is 0.125. The summed E-state index contributed by atoms with van der Waals surface area (Å²) in [4.78, 5) is 27.6. The number of amides is 1. The summed E-state index contributed by atoms with van der Waals surface area (Å²) in [6.07, 6.45) is 6.04. The highest BCUT2D eigenvalue weighted by atomic mass is 16.2. The van der Waals surface area contributed by atoms with Gasteiger partial charge in [0.1, 0.15) is 0 Å². The Bertz CT molecular complexity index is 674. The number of aromatic nitrogens is 1. The van der Waals surface area contributed by atoms with Gasteiger partial charge in [-0.15, -0.1) is 0 Å². The molecule has 0 radical (unpaired) electrons. The molecule has 0 saturated heterocycles. The van der Waals surface area contributed by atoms with Crippen molar-refractivity contribution in [2.24, 2.45) is 5.92 Å². The van der Waals surface area contributed by atoms with Gasteiger partial charge in [-0.2, -0.15) is 0 Å². The van der Waals surface area contributed by atoms with E-state index in [9.17, 15) is 9.59 Å². The molecule has 0 bridgehead atoms. The maximum atomic E-state index is 12.4. The second-order valence-corrected chi connectivity index (χ2v) is 5.92. The molecule has 0 spiro atoms. The van der Waals surface area contributed by atoms with E-state index in [1.54, 1.807) is 6.20 Å². The number of aromatic amines is 1. The zero-order valence-electron chi connectivity index (χ0n) is 12.2. The number of H-pyrrole nitrogens is 1. The summed E-state index contributed by atoms with van der Waals surface area (Å²) >= 11 is 0. The first-order valence-corrected chi connectivity index (χ1v) is 7.58. The molecule has 3 rings (SSSR count). The number of para-hydroxylation sites is 1. The number of nitrogens with one attached hydrogen (secondary N) is 2. The lowest BCUT2D eigenvalue weighted by atomic mass is 9.86. The molecule has 1 aromatic heterocycles. The van der Waals surface area contributed by atoms with E-state index in [0.717, 1.165) is 30.2 Å². The van der Waals surface area contributed by atoms with Crippen molar-refractivity contribution in [2.75, 3.05) is 0 Å². The summed E-state index contributed by atoms with van der Waals surface area (Å²) in [5.74, 6) is -0.498. The Morgan fingerprint density at radius 2 is 1.95 bits per heavy atom. The molecule has 1 saturated carbocycles. The van der Waals surface area contributed by atoms with E-state index in [2.05, 4.69) is 17.2 Å². The lowest BCUT2D eigenvalue weighted by Gasteiger charge is -2.29. The molecule has 2 N–H and O–H groups in total. The molecule has 110 valence electrons. The van der Waals surface area contributed by atoms with Crippen LogP contribution in [-0.4, -0.2) is 22.7 Å². The summed E-state index contributed by atoms with van der Waals surface area (Å²) in [5.41, 5.74) is 1.33. The van der Waals surface area contributed by atoms with E-state index < -0.39 is 11.7 Å². The highest BCUT2D eigenvalue weighted by molar-refractivity contribution is 6.45. The number of carbonyl (C=O) groups is 2. The standard InChI is InChI=1S/C17H20N2O2/c1-11-6-2-4-8-14(11)19-17(21)16(20)13-10-18-15-9-5-3-7-12(13)15/h3,5,7,9-11,14,18H,2,4,6,8H2,1H3,(H,19,21)/t11-,14+/m1/s1. The molecule has 1 amide bonds. The molecule has 1 heterocycles. The number of hydrogen-bond donors (Lipinski definition) is 2. The molecule has 0 unspecified atom stereocenters. The van der Waals surface area contributed by atoms with Gasteiger partial charge in [-0.05, 0) is 24.8 Å². The Morgan fingerprint density at radius 1 is 1.19 bits per heavy atom. The molecular formula is C17H20N2O2. The second kappa shape index (κ2) is 5.72. The highest BCUT2D eigenvalue weighted by Gasteiger charge is 2.27. The first-order chi connectivity index (χ1) is 10.2. The Labute approximate surface area is 123 Å². The van der Waals surface area contributed by atoms with E-state index in [1.165, 1.54) is 6.42 Å².